The Morgan fingerprint density at radius 2 is 2.15 bits per heavy atom. The van der Waals surface area contributed by atoms with Crippen LogP contribution in [0.1, 0.15) is 32.6 Å². The molecule has 2 N–H and O–H groups in total. The zero-order valence-electron chi connectivity index (χ0n) is 8.50. The second-order valence-electron chi connectivity index (χ2n) is 3.62. The molecule has 0 heterocycles. The molecule has 0 bridgehead atoms. The van der Waals surface area contributed by atoms with Crippen LogP contribution in [-0.4, -0.2) is 32.0 Å². The molecular formula is C10H21NO2. The molecule has 0 aromatic heterocycles. The molecule has 1 rings (SSSR count). The molecule has 1 aliphatic carbocycles. The van der Waals surface area contributed by atoms with Gasteiger partial charge in [-0.25, -0.2) is 0 Å². The summed E-state index contributed by atoms with van der Waals surface area (Å²) in [6, 6.07) is 0.353. The summed E-state index contributed by atoms with van der Waals surface area (Å²) in [5, 5.41) is 0. The number of nitrogens with two attached hydrogens (primary N) is 1. The van der Waals surface area contributed by atoms with Crippen LogP contribution in [0, 0.1) is 0 Å². The van der Waals surface area contributed by atoms with Gasteiger partial charge >= 0.3 is 0 Å². The lowest BCUT2D eigenvalue weighted by Gasteiger charge is -2.26. The normalized spacial score (nSPS) is 29.1. The number of ether oxygens (including phenoxy) is 2. The van der Waals surface area contributed by atoms with Gasteiger partial charge < -0.3 is 15.2 Å². The van der Waals surface area contributed by atoms with E-state index >= 15 is 0 Å². The summed E-state index contributed by atoms with van der Waals surface area (Å²) in [5.74, 6) is 0. The summed E-state index contributed by atoms with van der Waals surface area (Å²) in [7, 11) is 0. The summed E-state index contributed by atoms with van der Waals surface area (Å²) >= 11 is 0. The number of rotatable bonds is 5. The van der Waals surface area contributed by atoms with E-state index in [9.17, 15) is 0 Å². The summed E-state index contributed by atoms with van der Waals surface area (Å²) in [6.45, 7) is 4.19. The van der Waals surface area contributed by atoms with Crippen molar-refractivity contribution in [2.24, 2.45) is 5.73 Å². The van der Waals surface area contributed by atoms with Crippen LogP contribution in [0.15, 0.2) is 0 Å². The van der Waals surface area contributed by atoms with Gasteiger partial charge in [0.2, 0.25) is 0 Å². The van der Waals surface area contributed by atoms with Gasteiger partial charge in [0.05, 0.1) is 19.3 Å². The predicted molar refractivity (Wildman–Crippen MR) is 52.7 cm³/mol. The summed E-state index contributed by atoms with van der Waals surface area (Å²) < 4.78 is 10.8. The maximum Gasteiger partial charge on any atom is 0.0704 e. The SMILES string of the molecule is CCOCCOC1CCCC(N)C1. The van der Waals surface area contributed by atoms with Gasteiger partial charge in [-0.3, -0.25) is 0 Å². The molecule has 0 aromatic rings. The Balaban J connectivity index is 2.00. The average molecular weight is 187 g/mol. The minimum atomic E-state index is 0.353. The molecule has 0 saturated heterocycles. The van der Waals surface area contributed by atoms with E-state index in [1.54, 1.807) is 0 Å². The van der Waals surface area contributed by atoms with Crippen molar-refractivity contribution >= 4 is 0 Å². The van der Waals surface area contributed by atoms with Gasteiger partial charge in [-0.05, 0) is 32.6 Å². The standard InChI is InChI=1S/C10H21NO2/c1-2-12-6-7-13-10-5-3-4-9(11)8-10/h9-10H,2-8,11H2,1H3. The van der Waals surface area contributed by atoms with E-state index in [4.69, 9.17) is 15.2 Å². The Morgan fingerprint density at radius 1 is 1.31 bits per heavy atom. The van der Waals surface area contributed by atoms with Crippen molar-refractivity contribution in [2.45, 2.75) is 44.8 Å². The maximum absolute atomic E-state index is 5.84. The molecule has 2 atom stereocenters. The lowest BCUT2D eigenvalue weighted by atomic mass is 9.94. The van der Waals surface area contributed by atoms with Gasteiger partial charge in [0.1, 0.15) is 0 Å². The molecular weight excluding hydrogens is 166 g/mol. The molecule has 3 heteroatoms. The van der Waals surface area contributed by atoms with Gasteiger partial charge in [0.25, 0.3) is 0 Å². The Kier molecular flexibility index (Phi) is 5.35. The lowest BCUT2D eigenvalue weighted by Crippen LogP contribution is -2.32. The fourth-order valence-corrected chi connectivity index (χ4v) is 1.75. The van der Waals surface area contributed by atoms with E-state index < -0.39 is 0 Å². The zero-order valence-corrected chi connectivity index (χ0v) is 8.50. The van der Waals surface area contributed by atoms with Crippen LogP contribution in [0.25, 0.3) is 0 Å². The van der Waals surface area contributed by atoms with Crippen LogP contribution in [-0.2, 0) is 9.47 Å². The van der Waals surface area contributed by atoms with Gasteiger partial charge in [0.15, 0.2) is 0 Å². The van der Waals surface area contributed by atoms with E-state index in [1.807, 2.05) is 6.92 Å². The highest BCUT2D eigenvalue weighted by molar-refractivity contribution is 4.75. The molecule has 2 unspecified atom stereocenters. The average Bonchev–Trinajstić information content (AvgIpc) is 2.13. The maximum atomic E-state index is 5.84. The zero-order chi connectivity index (χ0) is 9.52. The highest BCUT2D eigenvalue weighted by Gasteiger charge is 2.19. The summed E-state index contributed by atoms with van der Waals surface area (Å²) in [4.78, 5) is 0. The predicted octanol–water partition coefficient (Wildman–Crippen LogP) is 1.31. The Bertz CT molecular complexity index is 130. The minimum absolute atomic E-state index is 0.353. The first-order valence-electron chi connectivity index (χ1n) is 5.28. The van der Waals surface area contributed by atoms with Crippen molar-refractivity contribution in [3.8, 4) is 0 Å². The van der Waals surface area contributed by atoms with E-state index in [0.29, 0.717) is 25.4 Å². The van der Waals surface area contributed by atoms with Crippen molar-refractivity contribution in [2.75, 3.05) is 19.8 Å². The van der Waals surface area contributed by atoms with E-state index in [-0.39, 0.29) is 0 Å². The topological polar surface area (TPSA) is 44.5 Å². The molecule has 78 valence electrons. The third-order valence-electron chi connectivity index (χ3n) is 2.45. The van der Waals surface area contributed by atoms with Crippen LogP contribution in [0.3, 0.4) is 0 Å². The third-order valence-corrected chi connectivity index (χ3v) is 2.45. The molecule has 0 aromatic carbocycles. The second kappa shape index (κ2) is 6.35. The van der Waals surface area contributed by atoms with Crippen LogP contribution in [0.5, 0.6) is 0 Å². The van der Waals surface area contributed by atoms with Crippen LogP contribution in [0.2, 0.25) is 0 Å². The van der Waals surface area contributed by atoms with Crippen LogP contribution >= 0.6 is 0 Å². The van der Waals surface area contributed by atoms with Gasteiger partial charge in [-0.1, -0.05) is 0 Å². The van der Waals surface area contributed by atoms with Gasteiger partial charge in [-0.2, -0.15) is 0 Å². The third kappa shape index (κ3) is 4.60. The van der Waals surface area contributed by atoms with Gasteiger partial charge in [-0.15, -0.1) is 0 Å². The monoisotopic (exact) mass is 187 g/mol. The lowest BCUT2D eigenvalue weighted by molar-refractivity contribution is -0.0110. The van der Waals surface area contributed by atoms with Crippen molar-refractivity contribution in [1.29, 1.82) is 0 Å². The molecule has 1 fully saturated rings. The van der Waals surface area contributed by atoms with Crippen LogP contribution in [0.4, 0.5) is 0 Å². The van der Waals surface area contributed by atoms with Gasteiger partial charge in [0, 0.05) is 12.6 Å². The Morgan fingerprint density at radius 3 is 2.85 bits per heavy atom. The smallest absolute Gasteiger partial charge is 0.0704 e. The molecule has 0 radical (unpaired) electrons. The van der Waals surface area contributed by atoms with Crippen molar-refractivity contribution < 1.29 is 9.47 Å². The van der Waals surface area contributed by atoms with Crippen molar-refractivity contribution in [3.05, 3.63) is 0 Å². The molecule has 3 nitrogen and oxygen atoms in total. The van der Waals surface area contributed by atoms with Crippen molar-refractivity contribution in [1.82, 2.24) is 0 Å². The molecule has 0 aliphatic heterocycles. The number of hydrogen-bond donors (Lipinski definition) is 1. The highest BCUT2D eigenvalue weighted by atomic mass is 16.5. The Hall–Kier alpha value is -0.120. The Labute approximate surface area is 80.6 Å². The number of hydrogen-bond acceptors (Lipinski definition) is 3. The molecule has 0 amide bonds. The van der Waals surface area contributed by atoms with Crippen molar-refractivity contribution in [3.63, 3.8) is 0 Å². The summed E-state index contributed by atoms with van der Waals surface area (Å²) in [6.07, 6.45) is 4.93. The fourth-order valence-electron chi connectivity index (χ4n) is 1.75. The first kappa shape index (κ1) is 11.0. The highest BCUT2D eigenvalue weighted by Crippen LogP contribution is 2.19. The van der Waals surface area contributed by atoms with E-state index in [1.165, 1.54) is 12.8 Å². The fraction of sp³-hybridized carbons (Fsp3) is 1.00. The molecule has 1 saturated carbocycles. The quantitative estimate of drug-likeness (QED) is 0.660. The van der Waals surface area contributed by atoms with E-state index in [0.717, 1.165) is 19.4 Å². The largest absolute Gasteiger partial charge is 0.379 e. The minimum Gasteiger partial charge on any atom is -0.379 e. The molecule has 1 aliphatic rings. The second-order valence-corrected chi connectivity index (χ2v) is 3.62. The summed E-state index contributed by atoms with van der Waals surface area (Å²) in [5.41, 5.74) is 5.84. The van der Waals surface area contributed by atoms with Crippen LogP contribution < -0.4 is 5.73 Å². The molecule has 0 spiro atoms. The first-order valence-corrected chi connectivity index (χ1v) is 5.28. The molecule has 13 heavy (non-hydrogen) atoms. The first-order chi connectivity index (χ1) is 6.33. The van der Waals surface area contributed by atoms with E-state index in [2.05, 4.69) is 0 Å².